The molecule has 4 rings (SSSR count). The van der Waals surface area contributed by atoms with E-state index in [-0.39, 0.29) is 24.5 Å². The number of rotatable bonds is 6. The van der Waals surface area contributed by atoms with Crippen molar-refractivity contribution >= 4 is 16.3 Å². The van der Waals surface area contributed by atoms with Crippen LogP contribution in [0.1, 0.15) is 66.2 Å². The van der Waals surface area contributed by atoms with Gasteiger partial charge in [0.1, 0.15) is 24.9 Å². The van der Waals surface area contributed by atoms with Gasteiger partial charge < -0.3 is 34.5 Å². The normalized spacial score (nSPS) is 35.5. The standard InChI is InChI=1S/C12H21NO8S.C9H17NO2/c1-10(2)18-7-5-16-12(6-17-22(13,14)15)9(8(7)19-10)20-11(3,4)21-12;10-7-9(6-8(11)12)4-2-1-3-5-9/h7-9H,5-6H2,1-4H3,(H2,13,14,15);1-7,10H2,(H,11,12)/t7-,8-,9+,12+;/m1./s1. The van der Waals surface area contributed by atoms with Gasteiger partial charge in [0.15, 0.2) is 11.6 Å². The van der Waals surface area contributed by atoms with E-state index < -0.39 is 52.4 Å². The number of carboxylic acid groups (broad SMARTS) is 1. The molecule has 0 aromatic heterocycles. The summed E-state index contributed by atoms with van der Waals surface area (Å²) in [6, 6.07) is 0. The predicted molar refractivity (Wildman–Crippen MR) is 118 cm³/mol. The fourth-order valence-corrected chi connectivity index (χ4v) is 5.52. The van der Waals surface area contributed by atoms with E-state index in [1.165, 1.54) is 6.42 Å². The van der Waals surface area contributed by atoms with Crippen LogP contribution in [0.5, 0.6) is 0 Å². The molecule has 34 heavy (non-hydrogen) atoms. The van der Waals surface area contributed by atoms with Crippen molar-refractivity contribution < 1.29 is 46.2 Å². The van der Waals surface area contributed by atoms with Crippen LogP contribution >= 0.6 is 0 Å². The first-order valence-corrected chi connectivity index (χ1v) is 13.0. The molecule has 0 aromatic rings. The highest BCUT2D eigenvalue weighted by Gasteiger charge is 2.65. The lowest BCUT2D eigenvalue weighted by Gasteiger charge is -2.40. The summed E-state index contributed by atoms with van der Waals surface area (Å²) in [5.41, 5.74) is 5.54. The lowest BCUT2D eigenvalue weighted by Crippen LogP contribution is -2.60. The van der Waals surface area contributed by atoms with Gasteiger partial charge in [-0.25, -0.2) is 5.14 Å². The molecule has 4 fully saturated rings. The van der Waals surface area contributed by atoms with E-state index in [4.69, 9.17) is 43.8 Å². The van der Waals surface area contributed by atoms with Gasteiger partial charge in [0, 0.05) is 0 Å². The van der Waals surface area contributed by atoms with Crippen molar-refractivity contribution in [2.24, 2.45) is 16.3 Å². The van der Waals surface area contributed by atoms with Crippen molar-refractivity contribution in [1.82, 2.24) is 0 Å². The number of ether oxygens (including phenoxy) is 5. The first-order chi connectivity index (χ1) is 15.6. The number of carbonyl (C=O) groups is 1. The average Bonchev–Trinajstić information content (AvgIpc) is 3.18. The minimum atomic E-state index is -4.14. The van der Waals surface area contributed by atoms with Crippen molar-refractivity contribution in [3.63, 3.8) is 0 Å². The molecular formula is C21H38N2O10S. The Kier molecular flexibility index (Phi) is 8.03. The van der Waals surface area contributed by atoms with Crippen LogP contribution in [0, 0.1) is 5.41 Å². The molecule has 1 saturated carbocycles. The largest absolute Gasteiger partial charge is 0.481 e. The molecule has 12 nitrogen and oxygen atoms in total. The minimum Gasteiger partial charge on any atom is -0.481 e. The predicted octanol–water partition coefficient (Wildman–Crippen LogP) is 0.975. The van der Waals surface area contributed by atoms with Crippen LogP contribution in [-0.2, 0) is 43.0 Å². The minimum absolute atomic E-state index is 0.0793. The maximum Gasteiger partial charge on any atom is 0.333 e. The second-order valence-corrected chi connectivity index (χ2v) is 11.6. The van der Waals surface area contributed by atoms with Gasteiger partial charge in [-0.15, -0.1) is 0 Å². The number of aliphatic carboxylic acids is 1. The van der Waals surface area contributed by atoms with Gasteiger partial charge in [0.25, 0.3) is 0 Å². The molecule has 0 amide bonds. The molecule has 0 radical (unpaired) electrons. The summed E-state index contributed by atoms with van der Waals surface area (Å²) in [4.78, 5) is 10.6. The molecule has 0 bridgehead atoms. The molecular weight excluding hydrogens is 472 g/mol. The molecule has 0 spiro atoms. The second-order valence-electron chi connectivity index (χ2n) is 10.4. The van der Waals surface area contributed by atoms with E-state index >= 15 is 0 Å². The van der Waals surface area contributed by atoms with Gasteiger partial charge in [0.2, 0.25) is 5.79 Å². The maximum atomic E-state index is 11.1. The Hall–Kier alpha value is -0.900. The van der Waals surface area contributed by atoms with Gasteiger partial charge in [-0.3, -0.25) is 8.98 Å². The summed E-state index contributed by atoms with van der Waals surface area (Å²) in [6.07, 6.45) is 4.27. The summed E-state index contributed by atoms with van der Waals surface area (Å²) in [6.45, 7) is 7.24. The fourth-order valence-electron chi connectivity index (χ4n) is 5.19. The van der Waals surface area contributed by atoms with Crippen LogP contribution < -0.4 is 10.9 Å². The van der Waals surface area contributed by atoms with Crippen LogP contribution in [0.3, 0.4) is 0 Å². The van der Waals surface area contributed by atoms with Crippen molar-refractivity contribution in [2.75, 3.05) is 19.8 Å². The highest BCUT2D eigenvalue weighted by Crippen LogP contribution is 2.47. The third-order valence-electron chi connectivity index (χ3n) is 6.57. The molecule has 3 saturated heterocycles. The highest BCUT2D eigenvalue weighted by molar-refractivity contribution is 7.84. The molecule has 0 unspecified atom stereocenters. The SMILES string of the molecule is CC1(C)O[C@@H]2[C@@H](CO[C@@]3(COS(N)(=O)=O)OC(C)(C)O[C@@H]23)O1.NCC1(CC(=O)O)CCCCC1. The number of fused-ring (bicyclic) bond motifs is 3. The molecule has 4 atom stereocenters. The van der Waals surface area contributed by atoms with Gasteiger partial charge in [0.05, 0.1) is 13.0 Å². The lowest BCUT2D eigenvalue weighted by atomic mass is 9.72. The zero-order valence-electron chi connectivity index (χ0n) is 20.3. The summed E-state index contributed by atoms with van der Waals surface area (Å²) in [5.74, 6) is -3.90. The lowest BCUT2D eigenvalue weighted by molar-refractivity contribution is -0.290. The Morgan fingerprint density at radius 1 is 1.06 bits per heavy atom. The van der Waals surface area contributed by atoms with Crippen molar-refractivity contribution in [3.05, 3.63) is 0 Å². The van der Waals surface area contributed by atoms with Crippen LogP contribution in [-0.4, -0.2) is 74.9 Å². The third kappa shape index (κ3) is 6.65. The summed E-state index contributed by atoms with van der Waals surface area (Å²) in [5, 5.41) is 13.6. The van der Waals surface area contributed by atoms with Crippen molar-refractivity contribution in [1.29, 1.82) is 0 Å². The Balaban J connectivity index is 0.000000229. The van der Waals surface area contributed by atoms with Gasteiger partial charge in [-0.1, -0.05) is 19.3 Å². The molecule has 3 heterocycles. The van der Waals surface area contributed by atoms with Crippen molar-refractivity contribution in [2.45, 2.75) is 102 Å². The van der Waals surface area contributed by atoms with E-state index in [0.29, 0.717) is 6.54 Å². The molecule has 5 N–H and O–H groups in total. The van der Waals surface area contributed by atoms with E-state index in [9.17, 15) is 13.2 Å². The Morgan fingerprint density at radius 3 is 2.26 bits per heavy atom. The summed E-state index contributed by atoms with van der Waals surface area (Å²) >= 11 is 0. The quantitative estimate of drug-likeness (QED) is 0.463. The number of hydrogen-bond donors (Lipinski definition) is 3. The molecule has 4 aliphatic rings. The topological polar surface area (TPSA) is 179 Å². The van der Waals surface area contributed by atoms with Gasteiger partial charge in [-0.2, -0.15) is 8.42 Å². The molecule has 198 valence electrons. The number of carboxylic acids is 1. The Morgan fingerprint density at radius 2 is 1.71 bits per heavy atom. The van der Waals surface area contributed by atoms with E-state index in [0.717, 1.165) is 25.7 Å². The van der Waals surface area contributed by atoms with Crippen LogP contribution in [0.25, 0.3) is 0 Å². The second kappa shape index (κ2) is 9.87. The fraction of sp³-hybridized carbons (Fsp3) is 0.952. The third-order valence-corrected chi connectivity index (χ3v) is 7.02. The van der Waals surface area contributed by atoms with Gasteiger partial charge >= 0.3 is 16.3 Å². The number of nitrogens with two attached hydrogens (primary N) is 2. The average molecular weight is 511 g/mol. The first kappa shape index (κ1) is 27.7. The zero-order valence-corrected chi connectivity index (χ0v) is 21.1. The smallest absolute Gasteiger partial charge is 0.333 e. The van der Waals surface area contributed by atoms with Crippen LogP contribution in [0.15, 0.2) is 0 Å². The molecule has 0 aromatic carbocycles. The molecule has 3 aliphatic heterocycles. The molecule has 1 aliphatic carbocycles. The van der Waals surface area contributed by atoms with E-state index in [2.05, 4.69) is 0 Å². The van der Waals surface area contributed by atoms with E-state index in [1.807, 2.05) is 0 Å². The van der Waals surface area contributed by atoms with E-state index in [1.54, 1.807) is 27.7 Å². The van der Waals surface area contributed by atoms with Crippen molar-refractivity contribution in [3.8, 4) is 0 Å². The Labute approximate surface area is 200 Å². The van der Waals surface area contributed by atoms with Crippen LogP contribution in [0.4, 0.5) is 0 Å². The summed E-state index contributed by atoms with van der Waals surface area (Å²) < 4.78 is 55.9. The summed E-state index contributed by atoms with van der Waals surface area (Å²) in [7, 11) is -4.14. The first-order valence-electron chi connectivity index (χ1n) is 11.6. The number of hydrogen-bond acceptors (Lipinski definition) is 10. The zero-order chi connectivity index (χ0) is 25.4. The van der Waals surface area contributed by atoms with Gasteiger partial charge in [-0.05, 0) is 52.5 Å². The maximum absolute atomic E-state index is 11.1. The highest BCUT2D eigenvalue weighted by atomic mass is 32.2. The Bertz CT molecular complexity index is 842. The monoisotopic (exact) mass is 510 g/mol. The van der Waals surface area contributed by atoms with Crippen LogP contribution in [0.2, 0.25) is 0 Å². The molecule has 13 heteroatoms.